The molecule has 2 aliphatic rings. The Morgan fingerprint density at radius 1 is 1.00 bits per heavy atom. The molecule has 0 saturated carbocycles. The number of amides is 2. The molecule has 1 aromatic carbocycles. The third-order valence-electron chi connectivity index (χ3n) is 5.58. The van der Waals surface area contributed by atoms with Crippen molar-refractivity contribution in [1.82, 2.24) is 4.90 Å². The van der Waals surface area contributed by atoms with Gasteiger partial charge in [-0.15, -0.1) is 0 Å². The Kier molecular flexibility index (Phi) is 6.01. The first kappa shape index (κ1) is 18.5. The Bertz CT molecular complexity index is 616. The summed E-state index contributed by atoms with van der Waals surface area (Å²) >= 11 is 0. The minimum atomic E-state index is -0.313. The molecule has 3 rings (SSSR count). The molecule has 142 valence electrons. The maximum atomic E-state index is 12.5. The molecular formula is C20H29N3O3. The van der Waals surface area contributed by atoms with Gasteiger partial charge in [0.1, 0.15) is 0 Å². The Morgan fingerprint density at radius 3 is 2.19 bits per heavy atom. The van der Waals surface area contributed by atoms with E-state index in [-0.39, 0.29) is 17.9 Å². The molecule has 2 aliphatic heterocycles. The van der Waals surface area contributed by atoms with E-state index in [2.05, 4.69) is 29.3 Å². The van der Waals surface area contributed by atoms with Crippen LogP contribution in [0.3, 0.4) is 0 Å². The van der Waals surface area contributed by atoms with E-state index in [1.807, 2.05) is 12.1 Å². The van der Waals surface area contributed by atoms with E-state index in [1.165, 1.54) is 25.6 Å². The second kappa shape index (κ2) is 8.43. The van der Waals surface area contributed by atoms with Crippen molar-refractivity contribution in [2.45, 2.75) is 32.6 Å². The van der Waals surface area contributed by atoms with Crippen molar-refractivity contribution in [3.8, 4) is 0 Å². The van der Waals surface area contributed by atoms with Crippen molar-refractivity contribution in [3.05, 3.63) is 24.3 Å². The van der Waals surface area contributed by atoms with Crippen LogP contribution in [0.25, 0.3) is 0 Å². The fourth-order valence-electron chi connectivity index (χ4n) is 3.72. The lowest BCUT2D eigenvalue weighted by atomic mass is 9.96. The summed E-state index contributed by atoms with van der Waals surface area (Å²) in [5.41, 5.74) is 2.06. The van der Waals surface area contributed by atoms with E-state index >= 15 is 0 Å². The number of nitrogens with zero attached hydrogens (tertiary/aromatic N) is 2. The number of rotatable bonds is 3. The first-order valence-electron chi connectivity index (χ1n) is 9.55. The summed E-state index contributed by atoms with van der Waals surface area (Å²) in [6.07, 6.45) is 3.51. The lowest BCUT2D eigenvalue weighted by Crippen LogP contribution is -2.41. The highest BCUT2D eigenvalue weighted by Crippen LogP contribution is 2.25. The molecule has 0 aliphatic carbocycles. The van der Waals surface area contributed by atoms with Crippen LogP contribution < -0.4 is 10.2 Å². The normalized spacial score (nSPS) is 19.3. The minimum absolute atomic E-state index is 0.0362. The summed E-state index contributed by atoms with van der Waals surface area (Å²) in [5, 5.41) is 3.01. The zero-order valence-corrected chi connectivity index (χ0v) is 15.7. The second-order valence-corrected chi connectivity index (χ2v) is 7.44. The SMILES string of the molecule is COC(=O)N1CCC(C(=O)Nc2ccc(N3CCC(C)CC3)cc2)CC1. The molecule has 2 saturated heterocycles. The van der Waals surface area contributed by atoms with E-state index in [0.29, 0.717) is 25.9 Å². The summed E-state index contributed by atoms with van der Waals surface area (Å²) in [4.78, 5) is 28.1. The molecule has 0 unspecified atom stereocenters. The predicted octanol–water partition coefficient (Wildman–Crippen LogP) is 3.34. The van der Waals surface area contributed by atoms with Gasteiger partial charge in [-0.05, 0) is 55.9 Å². The molecule has 2 heterocycles. The van der Waals surface area contributed by atoms with Gasteiger partial charge in [0.05, 0.1) is 7.11 Å². The van der Waals surface area contributed by atoms with Gasteiger partial charge in [-0.1, -0.05) is 6.92 Å². The Balaban J connectivity index is 1.50. The number of nitrogens with one attached hydrogen (secondary N) is 1. The summed E-state index contributed by atoms with van der Waals surface area (Å²) < 4.78 is 4.73. The molecule has 0 spiro atoms. The molecule has 0 bridgehead atoms. The van der Waals surface area contributed by atoms with E-state index in [1.54, 1.807) is 4.90 Å². The fraction of sp³-hybridized carbons (Fsp3) is 0.600. The highest BCUT2D eigenvalue weighted by molar-refractivity contribution is 5.92. The van der Waals surface area contributed by atoms with Gasteiger partial charge >= 0.3 is 6.09 Å². The number of hydrogen-bond acceptors (Lipinski definition) is 4. The first-order valence-corrected chi connectivity index (χ1v) is 9.55. The van der Waals surface area contributed by atoms with Crippen LogP contribution in [0.15, 0.2) is 24.3 Å². The van der Waals surface area contributed by atoms with Crippen LogP contribution in [0.4, 0.5) is 16.2 Å². The van der Waals surface area contributed by atoms with Crippen molar-refractivity contribution >= 4 is 23.4 Å². The summed E-state index contributed by atoms with van der Waals surface area (Å²) in [6.45, 7) is 5.65. The standard InChI is InChI=1S/C20H29N3O3/c1-15-7-11-22(12-8-15)18-5-3-17(4-6-18)21-19(24)16-9-13-23(14-10-16)20(25)26-2/h3-6,15-16H,7-14H2,1-2H3,(H,21,24). The fourth-order valence-corrected chi connectivity index (χ4v) is 3.72. The van der Waals surface area contributed by atoms with E-state index in [0.717, 1.165) is 24.7 Å². The van der Waals surface area contributed by atoms with Crippen LogP contribution in [0.1, 0.15) is 32.6 Å². The van der Waals surface area contributed by atoms with E-state index in [9.17, 15) is 9.59 Å². The summed E-state index contributed by atoms with van der Waals surface area (Å²) in [6, 6.07) is 8.14. The van der Waals surface area contributed by atoms with Crippen LogP contribution in [0.2, 0.25) is 0 Å². The number of likely N-dealkylation sites (tertiary alicyclic amines) is 1. The van der Waals surface area contributed by atoms with Crippen molar-refractivity contribution in [2.24, 2.45) is 11.8 Å². The van der Waals surface area contributed by atoms with Crippen LogP contribution in [0.5, 0.6) is 0 Å². The molecule has 1 aromatic rings. The van der Waals surface area contributed by atoms with Crippen molar-refractivity contribution in [1.29, 1.82) is 0 Å². The van der Waals surface area contributed by atoms with E-state index < -0.39 is 0 Å². The Labute approximate surface area is 155 Å². The maximum Gasteiger partial charge on any atom is 0.409 e. The molecule has 0 atom stereocenters. The molecular weight excluding hydrogens is 330 g/mol. The third kappa shape index (κ3) is 4.48. The van der Waals surface area contributed by atoms with Gasteiger partial charge in [0.2, 0.25) is 5.91 Å². The smallest absolute Gasteiger partial charge is 0.409 e. The van der Waals surface area contributed by atoms with Gasteiger partial charge in [0, 0.05) is 43.5 Å². The van der Waals surface area contributed by atoms with Crippen molar-refractivity contribution in [3.63, 3.8) is 0 Å². The van der Waals surface area contributed by atoms with Gasteiger partial charge in [-0.3, -0.25) is 4.79 Å². The van der Waals surface area contributed by atoms with E-state index in [4.69, 9.17) is 4.74 Å². The number of piperidine rings is 2. The quantitative estimate of drug-likeness (QED) is 0.899. The molecule has 2 fully saturated rings. The lowest BCUT2D eigenvalue weighted by molar-refractivity contribution is -0.121. The highest BCUT2D eigenvalue weighted by Gasteiger charge is 2.27. The summed E-state index contributed by atoms with van der Waals surface area (Å²) in [5.74, 6) is 0.795. The monoisotopic (exact) mass is 359 g/mol. The lowest BCUT2D eigenvalue weighted by Gasteiger charge is -2.32. The van der Waals surface area contributed by atoms with Crippen molar-refractivity contribution in [2.75, 3.05) is 43.5 Å². The molecule has 6 nitrogen and oxygen atoms in total. The first-order chi connectivity index (χ1) is 12.6. The zero-order valence-electron chi connectivity index (χ0n) is 15.7. The molecule has 6 heteroatoms. The number of hydrogen-bond donors (Lipinski definition) is 1. The molecule has 0 aromatic heterocycles. The predicted molar refractivity (Wildman–Crippen MR) is 102 cm³/mol. The van der Waals surface area contributed by atoms with Crippen LogP contribution >= 0.6 is 0 Å². The van der Waals surface area contributed by atoms with Crippen LogP contribution in [-0.4, -0.2) is 50.2 Å². The van der Waals surface area contributed by atoms with Gasteiger partial charge in [-0.25, -0.2) is 4.79 Å². The van der Waals surface area contributed by atoms with Crippen LogP contribution in [0, 0.1) is 11.8 Å². The van der Waals surface area contributed by atoms with Gasteiger partial charge < -0.3 is 19.9 Å². The number of methoxy groups -OCH3 is 1. The topological polar surface area (TPSA) is 61.9 Å². The molecule has 1 N–H and O–H groups in total. The average Bonchev–Trinajstić information content (AvgIpc) is 2.69. The van der Waals surface area contributed by atoms with Gasteiger partial charge in [-0.2, -0.15) is 0 Å². The zero-order chi connectivity index (χ0) is 18.5. The van der Waals surface area contributed by atoms with Gasteiger partial charge in [0.15, 0.2) is 0 Å². The molecule has 2 amide bonds. The number of anilines is 2. The largest absolute Gasteiger partial charge is 0.453 e. The number of ether oxygens (including phenoxy) is 1. The number of carbonyl (C=O) groups is 2. The Hall–Kier alpha value is -2.24. The summed E-state index contributed by atoms with van der Waals surface area (Å²) in [7, 11) is 1.38. The third-order valence-corrected chi connectivity index (χ3v) is 5.58. The minimum Gasteiger partial charge on any atom is -0.453 e. The number of carbonyl (C=O) groups excluding carboxylic acids is 2. The second-order valence-electron chi connectivity index (χ2n) is 7.44. The van der Waals surface area contributed by atoms with Crippen molar-refractivity contribution < 1.29 is 14.3 Å². The molecule has 26 heavy (non-hydrogen) atoms. The maximum absolute atomic E-state index is 12.5. The average molecular weight is 359 g/mol. The highest BCUT2D eigenvalue weighted by atomic mass is 16.5. The van der Waals surface area contributed by atoms with Gasteiger partial charge in [0.25, 0.3) is 0 Å². The Morgan fingerprint density at radius 2 is 1.62 bits per heavy atom. The molecule has 0 radical (unpaired) electrons. The van der Waals surface area contributed by atoms with Crippen LogP contribution in [-0.2, 0) is 9.53 Å². The number of benzene rings is 1.